The summed E-state index contributed by atoms with van der Waals surface area (Å²) < 4.78 is 10.8. The first-order valence-corrected chi connectivity index (χ1v) is 10.4. The Morgan fingerprint density at radius 2 is 1.79 bits per heavy atom. The van der Waals surface area contributed by atoms with Crippen LogP contribution in [0.3, 0.4) is 0 Å². The molecule has 146 valence electrons. The lowest BCUT2D eigenvalue weighted by molar-refractivity contribution is 0.104. The van der Waals surface area contributed by atoms with Gasteiger partial charge in [-0.1, -0.05) is 30.7 Å². The molecule has 3 aromatic rings. The van der Waals surface area contributed by atoms with Crippen LogP contribution in [0, 0.1) is 0 Å². The lowest BCUT2D eigenvalue weighted by atomic mass is 9.98. The van der Waals surface area contributed by atoms with E-state index in [0.717, 1.165) is 21.8 Å². The Labute approximate surface area is 174 Å². The molecule has 28 heavy (non-hydrogen) atoms. The van der Waals surface area contributed by atoms with Crippen LogP contribution in [0.1, 0.15) is 40.6 Å². The van der Waals surface area contributed by atoms with Gasteiger partial charge in [-0.2, -0.15) is 0 Å². The SMILES string of the molecule is CCOCC(C)c1cc(C(=O)c2ccc(OC)cc2)sc1-c1ccc(Cl)cc1. The Morgan fingerprint density at radius 3 is 2.39 bits per heavy atom. The van der Waals surface area contributed by atoms with Gasteiger partial charge in [-0.15, -0.1) is 11.3 Å². The Bertz CT molecular complexity index is 929. The van der Waals surface area contributed by atoms with Gasteiger partial charge < -0.3 is 9.47 Å². The Hall–Kier alpha value is -2.14. The minimum atomic E-state index is 0.0118. The molecule has 0 aliphatic heterocycles. The molecule has 3 nitrogen and oxygen atoms in total. The molecule has 3 rings (SSSR count). The number of rotatable bonds is 8. The molecule has 0 saturated carbocycles. The third-order valence-corrected chi connectivity index (χ3v) is 6.00. The molecule has 0 bridgehead atoms. The summed E-state index contributed by atoms with van der Waals surface area (Å²) in [4.78, 5) is 14.9. The zero-order valence-corrected chi connectivity index (χ0v) is 17.8. The van der Waals surface area contributed by atoms with E-state index in [-0.39, 0.29) is 11.7 Å². The standard InChI is InChI=1S/C23H23ClO3S/c1-4-27-14-15(2)20-13-21(22(25)16-7-11-19(26-3)12-8-16)28-23(20)17-5-9-18(24)10-6-17/h5-13,15H,4,14H2,1-3H3. The number of ketones is 1. The second kappa shape index (κ2) is 9.37. The summed E-state index contributed by atoms with van der Waals surface area (Å²) in [5, 5.41) is 0.693. The Balaban J connectivity index is 1.99. The van der Waals surface area contributed by atoms with Gasteiger partial charge in [0.25, 0.3) is 0 Å². The van der Waals surface area contributed by atoms with E-state index in [1.165, 1.54) is 11.3 Å². The van der Waals surface area contributed by atoms with E-state index >= 15 is 0 Å². The van der Waals surface area contributed by atoms with Crippen molar-refractivity contribution in [1.82, 2.24) is 0 Å². The predicted octanol–water partition coefficient (Wildman–Crippen LogP) is 6.45. The zero-order chi connectivity index (χ0) is 20.1. The Morgan fingerprint density at radius 1 is 1.11 bits per heavy atom. The molecule has 1 unspecified atom stereocenters. The van der Waals surface area contributed by atoms with Crippen LogP contribution in [0.4, 0.5) is 0 Å². The number of carbonyl (C=O) groups excluding carboxylic acids is 1. The molecule has 0 aliphatic rings. The Kier molecular flexibility index (Phi) is 6.89. The van der Waals surface area contributed by atoms with Crippen LogP contribution in [0.5, 0.6) is 5.75 Å². The van der Waals surface area contributed by atoms with Crippen LogP contribution >= 0.6 is 22.9 Å². The highest BCUT2D eigenvalue weighted by Gasteiger charge is 2.21. The van der Waals surface area contributed by atoms with Crippen LogP contribution in [0.25, 0.3) is 10.4 Å². The summed E-state index contributed by atoms with van der Waals surface area (Å²) in [5.41, 5.74) is 2.83. The maximum absolute atomic E-state index is 13.1. The fraction of sp³-hybridized carbons (Fsp3) is 0.261. The summed E-state index contributed by atoms with van der Waals surface area (Å²) in [5.74, 6) is 0.924. The number of benzene rings is 2. The maximum Gasteiger partial charge on any atom is 0.202 e. The third kappa shape index (κ3) is 4.64. The summed E-state index contributed by atoms with van der Waals surface area (Å²) in [6, 6.07) is 16.9. The number of ether oxygens (including phenoxy) is 2. The first-order chi connectivity index (χ1) is 13.5. The van der Waals surface area contributed by atoms with Crippen molar-refractivity contribution in [3.8, 4) is 16.2 Å². The van der Waals surface area contributed by atoms with E-state index in [1.807, 2.05) is 37.3 Å². The lowest BCUT2D eigenvalue weighted by Crippen LogP contribution is -2.04. The molecule has 1 atom stereocenters. The van der Waals surface area contributed by atoms with Gasteiger partial charge in [0.1, 0.15) is 5.75 Å². The smallest absolute Gasteiger partial charge is 0.202 e. The largest absolute Gasteiger partial charge is 0.497 e. The first-order valence-electron chi connectivity index (χ1n) is 9.19. The topological polar surface area (TPSA) is 35.5 Å². The first kappa shape index (κ1) is 20.6. The van der Waals surface area contributed by atoms with Crippen molar-refractivity contribution >= 4 is 28.7 Å². The monoisotopic (exact) mass is 414 g/mol. The zero-order valence-electron chi connectivity index (χ0n) is 16.2. The van der Waals surface area contributed by atoms with Gasteiger partial charge in [-0.25, -0.2) is 0 Å². The lowest BCUT2D eigenvalue weighted by Gasteiger charge is -2.12. The quantitative estimate of drug-likeness (QED) is 0.397. The van der Waals surface area contributed by atoms with Crippen LogP contribution in [-0.2, 0) is 4.74 Å². The van der Waals surface area contributed by atoms with Crippen LogP contribution in [0.15, 0.2) is 54.6 Å². The van der Waals surface area contributed by atoms with Crippen LogP contribution < -0.4 is 4.74 Å². The highest BCUT2D eigenvalue weighted by Crippen LogP contribution is 2.38. The molecule has 0 fully saturated rings. The summed E-state index contributed by atoms with van der Waals surface area (Å²) >= 11 is 7.56. The van der Waals surface area contributed by atoms with Gasteiger partial charge >= 0.3 is 0 Å². The maximum atomic E-state index is 13.1. The highest BCUT2D eigenvalue weighted by molar-refractivity contribution is 7.17. The van der Waals surface area contributed by atoms with Crippen molar-refractivity contribution in [3.63, 3.8) is 0 Å². The van der Waals surface area contributed by atoms with Gasteiger partial charge in [0.05, 0.1) is 18.6 Å². The van der Waals surface area contributed by atoms with E-state index in [9.17, 15) is 4.79 Å². The number of methoxy groups -OCH3 is 1. The number of thiophene rings is 1. The number of hydrogen-bond acceptors (Lipinski definition) is 4. The molecule has 0 aliphatic carbocycles. The van der Waals surface area contributed by atoms with Gasteiger partial charge in [0.15, 0.2) is 0 Å². The van der Waals surface area contributed by atoms with Crippen LogP contribution in [-0.4, -0.2) is 26.1 Å². The molecule has 0 spiro atoms. The average molecular weight is 415 g/mol. The van der Waals surface area contributed by atoms with Crippen molar-refractivity contribution in [1.29, 1.82) is 0 Å². The van der Waals surface area contributed by atoms with E-state index in [1.54, 1.807) is 31.4 Å². The third-order valence-electron chi connectivity index (χ3n) is 4.55. The minimum absolute atomic E-state index is 0.0118. The fourth-order valence-corrected chi connectivity index (χ4v) is 4.35. The molecule has 2 aromatic carbocycles. The van der Waals surface area contributed by atoms with E-state index in [4.69, 9.17) is 21.1 Å². The van der Waals surface area contributed by atoms with E-state index in [0.29, 0.717) is 28.7 Å². The number of halogens is 1. The van der Waals surface area contributed by atoms with Crippen molar-refractivity contribution < 1.29 is 14.3 Å². The molecular weight excluding hydrogens is 392 g/mol. The predicted molar refractivity (Wildman–Crippen MR) is 116 cm³/mol. The van der Waals surface area contributed by atoms with Crippen LogP contribution in [0.2, 0.25) is 5.02 Å². The van der Waals surface area contributed by atoms with Crippen molar-refractivity contribution in [2.24, 2.45) is 0 Å². The van der Waals surface area contributed by atoms with Gasteiger partial charge in [0, 0.05) is 28.0 Å². The molecule has 1 aromatic heterocycles. The van der Waals surface area contributed by atoms with Gasteiger partial charge in [0.2, 0.25) is 5.78 Å². The molecule has 0 radical (unpaired) electrons. The van der Waals surface area contributed by atoms with Gasteiger partial charge in [-0.3, -0.25) is 4.79 Å². The molecule has 0 N–H and O–H groups in total. The summed E-state index contributed by atoms with van der Waals surface area (Å²) in [7, 11) is 1.61. The second-order valence-corrected chi connectivity index (χ2v) is 8.01. The minimum Gasteiger partial charge on any atom is -0.497 e. The molecule has 1 heterocycles. The molecule has 0 saturated heterocycles. The fourth-order valence-electron chi connectivity index (χ4n) is 2.98. The van der Waals surface area contributed by atoms with Gasteiger partial charge in [-0.05, 0) is 60.5 Å². The second-order valence-electron chi connectivity index (χ2n) is 6.52. The average Bonchev–Trinajstić information content (AvgIpc) is 3.17. The van der Waals surface area contributed by atoms with Crippen molar-refractivity contribution in [2.45, 2.75) is 19.8 Å². The van der Waals surface area contributed by atoms with Crippen molar-refractivity contribution in [3.05, 3.63) is 75.6 Å². The molecular formula is C23H23ClO3S. The highest BCUT2D eigenvalue weighted by atomic mass is 35.5. The molecule has 5 heteroatoms. The number of hydrogen-bond donors (Lipinski definition) is 0. The van der Waals surface area contributed by atoms with E-state index in [2.05, 4.69) is 6.92 Å². The summed E-state index contributed by atoms with van der Waals surface area (Å²) in [6.45, 7) is 5.39. The number of carbonyl (C=O) groups is 1. The van der Waals surface area contributed by atoms with E-state index < -0.39 is 0 Å². The normalized spacial score (nSPS) is 12.0. The summed E-state index contributed by atoms with van der Waals surface area (Å²) in [6.07, 6.45) is 0. The van der Waals surface area contributed by atoms with Crippen molar-refractivity contribution in [2.75, 3.05) is 20.3 Å². The molecule has 0 amide bonds.